The standard InChI is InChI=1S/C18H26N2O3/c1-13-4-5-17(12-14(13)2)20(15(3)21)9-8-19-18(22)16-6-10-23-11-7-16/h4-5,12,16H,6-11H2,1-3H3,(H,19,22). The van der Waals surface area contributed by atoms with Crippen LogP contribution in [-0.4, -0.2) is 38.1 Å². The van der Waals surface area contributed by atoms with E-state index in [2.05, 4.69) is 5.32 Å². The number of nitrogens with zero attached hydrogens (tertiary/aromatic N) is 1. The number of benzene rings is 1. The fraction of sp³-hybridized carbons (Fsp3) is 0.556. The summed E-state index contributed by atoms with van der Waals surface area (Å²) in [5, 5.41) is 2.95. The van der Waals surface area contributed by atoms with Crippen molar-refractivity contribution in [1.82, 2.24) is 5.32 Å². The number of aryl methyl sites for hydroxylation is 2. The first kappa shape index (κ1) is 17.5. The van der Waals surface area contributed by atoms with Crippen LogP contribution in [0.1, 0.15) is 30.9 Å². The van der Waals surface area contributed by atoms with Crippen LogP contribution in [0.3, 0.4) is 0 Å². The zero-order valence-electron chi connectivity index (χ0n) is 14.2. The van der Waals surface area contributed by atoms with E-state index in [0.29, 0.717) is 26.3 Å². The van der Waals surface area contributed by atoms with Gasteiger partial charge in [-0.05, 0) is 49.9 Å². The second-order valence-corrected chi connectivity index (χ2v) is 6.12. The highest BCUT2D eigenvalue weighted by Crippen LogP contribution is 2.19. The molecule has 0 bridgehead atoms. The third-order valence-electron chi connectivity index (χ3n) is 4.41. The number of amides is 2. The second kappa shape index (κ2) is 8.11. The van der Waals surface area contributed by atoms with Gasteiger partial charge < -0.3 is 15.0 Å². The third kappa shape index (κ3) is 4.79. The van der Waals surface area contributed by atoms with Crippen molar-refractivity contribution in [3.05, 3.63) is 29.3 Å². The predicted octanol–water partition coefficient (Wildman–Crippen LogP) is 2.20. The van der Waals surface area contributed by atoms with Crippen LogP contribution in [-0.2, 0) is 14.3 Å². The molecule has 1 N–H and O–H groups in total. The second-order valence-electron chi connectivity index (χ2n) is 6.12. The Kier molecular flexibility index (Phi) is 6.16. The predicted molar refractivity (Wildman–Crippen MR) is 90.5 cm³/mol. The van der Waals surface area contributed by atoms with Crippen LogP contribution in [0.4, 0.5) is 5.69 Å². The van der Waals surface area contributed by atoms with E-state index in [1.807, 2.05) is 32.0 Å². The van der Waals surface area contributed by atoms with E-state index < -0.39 is 0 Å². The summed E-state index contributed by atoms with van der Waals surface area (Å²) in [4.78, 5) is 25.7. The number of hydrogen-bond acceptors (Lipinski definition) is 3. The van der Waals surface area contributed by atoms with Crippen LogP contribution >= 0.6 is 0 Å². The van der Waals surface area contributed by atoms with Crippen molar-refractivity contribution < 1.29 is 14.3 Å². The molecule has 1 heterocycles. The third-order valence-corrected chi connectivity index (χ3v) is 4.41. The number of carbonyl (C=O) groups excluding carboxylic acids is 2. The van der Waals surface area contributed by atoms with Gasteiger partial charge in [0, 0.05) is 44.8 Å². The van der Waals surface area contributed by atoms with Crippen molar-refractivity contribution in [3.63, 3.8) is 0 Å². The normalized spacial score (nSPS) is 15.3. The molecule has 5 heteroatoms. The summed E-state index contributed by atoms with van der Waals surface area (Å²) in [6.07, 6.45) is 1.55. The molecule has 0 saturated carbocycles. The van der Waals surface area contributed by atoms with Gasteiger partial charge >= 0.3 is 0 Å². The zero-order valence-corrected chi connectivity index (χ0v) is 14.2. The Morgan fingerprint density at radius 3 is 2.52 bits per heavy atom. The Hall–Kier alpha value is -1.88. The highest BCUT2D eigenvalue weighted by molar-refractivity contribution is 5.91. The molecule has 0 radical (unpaired) electrons. The molecule has 23 heavy (non-hydrogen) atoms. The lowest BCUT2D eigenvalue weighted by atomic mass is 9.99. The summed E-state index contributed by atoms with van der Waals surface area (Å²) in [5.41, 5.74) is 3.23. The van der Waals surface area contributed by atoms with Gasteiger partial charge in [0.05, 0.1) is 0 Å². The van der Waals surface area contributed by atoms with Crippen molar-refractivity contribution in [1.29, 1.82) is 0 Å². The van der Waals surface area contributed by atoms with Gasteiger partial charge in [0.25, 0.3) is 0 Å². The minimum Gasteiger partial charge on any atom is -0.381 e. The van der Waals surface area contributed by atoms with Crippen LogP contribution in [0.2, 0.25) is 0 Å². The summed E-state index contributed by atoms with van der Waals surface area (Å²) in [7, 11) is 0. The van der Waals surface area contributed by atoms with Crippen LogP contribution in [0, 0.1) is 19.8 Å². The monoisotopic (exact) mass is 318 g/mol. The molecule has 1 aromatic carbocycles. The number of nitrogens with one attached hydrogen (secondary N) is 1. The van der Waals surface area contributed by atoms with E-state index in [0.717, 1.165) is 24.1 Å². The fourth-order valence-electron chi connectivity index (χ4n) is 2.76. The minimum absolute atomic E-state index is 0.0198. The molecule has 2 amide bonds. The summed E-state index contributed by atoms with van der Waals surface area (Å²) < 4.78 is 5.27. The van der Waals surface area contributed by atoms with Crippen molar-refractivity contribution in [2.24, 2.45) is 5.92 Å². The molecular formula is C18H26N2O3. The van der Waals surface area contributed by atoms with E-state index in [1.54, 1.807) is 11.8 Å². The Morgan fingerprint density at radius 2 is 1.91 bits per heavy atom. The van der Waals surface area contributed by atoms with Gasteiger partial charge in [-0.2, -0.15) is 0 Å². The van der Waals surface area contributed by atoms with Crippen LogP contribution < -0.4 is 10.2 Å². The van der Waals surface area contributed by atoms with Crippen LogP contribution in [0.25, 0.3) is 0 Å². The highest BCUT2D eigenvalue weighted by Gasteiger charge is 2.21. The molecule has 1 saturated heterocycles. The van der Waals surface area contributed by atoms with E-state index >= 15 is 0 Å². The van der Waals surface area contributed by atoms with E-state index in [-0.39, 0.29) is 17.7 Å². The summed E-state index contributed by atoms with van der Waals surface area (Å²) in [5.74, 6) is 0.0848. The first-order chi connectivity index (χ1) is 11.0. The van der Waals surface area contributed by atoms with Gasteiger partial charge in [-0.25, -0.2) is 0 Å². The lowest BCUT2D eigenvalue weighted by Crippen LogP contribution is -2.40. The molecule has 1 fully saturated rings. The Labute approximate surface area is 138 Å². The van der Waals surface area contributed by atoms with Crippen LogP contribution in [0.15, 0.2) is 18.2 Å². The molecule has 1 aliphatic rings. The molecule has 0 unspecified atom stereocenters. The molecule has 0 atom stereocenters. The maximum atomic E-state index is 12.1. The Morgan fingerprint density at radius 1 is 1.22 bits per heavy atom. The Balaban J connectivity index is 1.91. The largest absolute Gasteiger partial charge is 0.381 e. The minimum atomic E-state index is -0.0198. The number of hydrogen-bond donors (Lipinski definition) is 1. The Bertz CT molecular complexity index is 565. The van der Waals surface area contributed by atoms with E-state index in [4.69, 9.17) is 4.74 Å². The SMILES string of the molecule is CC(=O)N(CCNC(=O)C1CCOCC1)c1ccc(C)c(C)c1. The number of ether oxygens (including phenoxy) is 1. The van der Waals surface area contributed by atoms with E-state index in [1.165, 1.54) is 5.56 Å². The van der Waals surface area contributed by atoms with E-state index in [9.17, 15) is 9.59 Å². The average Bonchev–Trinajstić information content (AvgIpc) is 2.54. The number of rotatable bonds is 5. The summed E-state index contributed by atoms with van der Waals surface area (Å²) in [6, 6.07) is 5.97. The van der Waals surface area contributed by atoms with Gasteiger partial charge in [-0.1, -0.05) is 6.07 Å². The van der Waals surface area contributed by atoms with Gasteiger partial charge in [-0.15, -0.1) is 0 Å². The first-order valence-corrected chi connectivity index (χ1v) is 8.20. The smallest absolute Gasteiger partial charge is 0.223 e. The van der Waals surface area contributed by atoms with Crippen molar-refractivity contribution >= 4 is 17.5 Å². The number of anilines is 1. The van der Waals surface area contributed by atoms with Gasteiger partial charge in [0.1, 0.15) is 0 Å². The zero-order chi connectivity index (χ0) is 16.8. The fourth-order valence-corrected chi connectivity index (χ4v) is 2.76. The lowest BCUT2D eigenvalue weighted by Gasteiger charge is -2.24. The maximum Gasteiger partial charge on any atom is 0.223 e. The molecular weight excluding hydrogens is 292 g/mol. The highest BCUT2D eigenvalue weighted by atomic mass is 16.5. The lowest BCUT2D eigenvalue weighted by molar-refractivity contribution is -0.127. The molecule has 5 nitrogen and oxygen atoms in total. The van der Waals surface area contributed by atoms with Crippen molar-refractivity contribution in [2.45, 2.75) is 33.6 Å². The molecule has 0 spiro atoms. The average molecular weight is 318 g/mol. The summed E-state index contributed by atoms with van der Waals surface area (Å²) >= 11 is 0. The molecule has 1 aromatic rings. The van der Waals surface area contributed by atoms with Crippen LogP contribution in [0.5, 0.6) is 0 Å². The quantitative estimate of drug-likeness (QED) is 0.905. The molecule has 0 aromatic heterocycles. The number of carbonyl (C=O) groups is 2. The molecule has 126 valence electrons. The van der Waals surface area contributed by atoms with Gasteiger partial charge in [0.15, 0.2) is 0 Å². The molecule has 0 aliphatic carbocycles. The summed E-state index contributed by atoms with van der Waals surface area (Å²) in [6.45, 7) is 7.88. The van der Waals surface area contributed by atoms with Crippen molar-refractivity contribution in [3.8, 4) is 0 Å². The van der Waals surface area contributed by atoms with Gasteiger partial charge in [0.2, 0.25) is 11.8 Å². The first-order valence-electron chi connectivity index (χ1n) is 8.20. The van der Waals surface area contributed by atoms with Gasteiger partial charge in [-0.3, -0.25) is 9.59 Å². The topological polar surface area (TPSA) is 58.6 Å². The molecule has 2 rings (SSSR count). The maximum absolute atomic E-state index is 12.1. The molecule has 1 aliphatic heterocycles. The van der Waals surface area contributed by atoms with Crippen molar-refractivity contribution in [2.75, 3.05) is 31.2 Å².